The van der Waals surface area contributed by atoms with Gasteiger partial charge in [-0.15, -0.1) is 5.10 Å². The third-order valence-electron chi connectivity index (χ3n) is 3.38. The highest BCUT2D eigenvalue weighted by Gasteiger charge is 2.08. The second kappa shape index (κ2) is 7.61. The fourth-order valence-corrected chi connectivity index (χ4v) is 2.25. The van der Waals surface area contributed by atoms with Gasteiger partial charge in [-0.3, -0.25) is 0 Å². The van der Waals surface area contributed by atoms with Gasteiger partial charge in [0.15, 0.2) is 5.82 Å². The van der Waals surface area contributed by atoms with Crippen molar-refractivity contribution in [3.05, 3.63) is 60.3 Å². The molecule has 0 amide bonds. The molecular formula is C19H21N5O. The Hall–Kier alpha value is -3.15. The van der Waals surface area contributed by atoms with Crippen LogP contribution >= 0.6 is 0 Å². The van der Waals surface area contributed by atoms with Gasteiger partial charge in [0.2, 0.25) is 5.95 Å². The highest BCUT2D eigenvalue weighted by molar-refractivity contribution is 5.63. The smallest absolute Gasteiger partial charge is 0.249 e. The van der Waals surface area contributed by atoms with Crippen molar-refractivity contribution in [3.8, 4) is 5.75 Å². The van der Waals surface area contributed by atoms with E-state index in [4.69, 9.17) is 4.74 Å². The Kier molecular flexibility index (Phi) is 5.09. The number of hydrogen-bond acceptors (Lipinski definition) is 6. The molecule has 0 aliphatic rings. The zero-order valence-corrected chi connectivity index (χ0v) is 14.5. The van der Waals surface area contributed by atoms with Gasteiger partial charge in [0.25, 0.3) is 0 Å². The van der Waals surface area contributed by atoms with E-state index >= 15 is 0 Å². The van der Waals surface area contributed by atoms with Crippen molar-refractivity contribution in [2.45, 2.75) is 26.9 Å². The predicted molar refractivity (Wildman–Crippen MR) is 99.8 cm³/mol. The van der Waals surface area contributed by atoms with Gasteiger partial charge >= 0.3 is 0 Å². The third kappa shape index (κ3) is 4.67. The summed E-state index contributed by atoms with van der Waals surface area (Å²) in [6, 6.07) is 15.7. The van der Waals surface area contributed by atoms with Crippen LogP contribution in [0.5, 0.6) is 5.75 Å². The molecule has 128 valence electrons. The van der Waals surface area contributed by atoms with Crippen LogP contribution in [0.1, 0.15) is 19.4 Å². The largest absolute Gasteiger partial charge is 0.489 e. The highest BCUT2D eigenvalue weighted by Crippen LogP contribution is 2.27. The van der Waals surface area contributed by atoms with Crippen LogP contribution in [0.3, 0.4) is 0 Å². The molecule has 0 saturated carbocycles. The molecule has 0 aliphatic carbocycles. The first-order chi connectivity index (χ1) is 12.1. The molecule has 0 bridgehead atoms. The standard InChI is InChI=1S/C19H21N5O/c1-13(2)25-17-7-5-4-6-16(17)22-19-23-18(12-20-24-19)21-15-10-8-14(3)9-11-15/h4-13H,1-3H3,(H2,21,22,23,24). The highest BCUT2D eigenvalue weighted by atomic mass is 16.5. The first-order valence-electron chi connectivity index (χ1n) is 8.16. The summed E-state index contributed by atoms with van der Waals surface area (Å²) in [7, 11) is 0. The van der Waals surface area contributed by atoms with Crippen LogP contribution in [-0.2, 0) is 0 Å². The molecule has 0 saturated heterocycles. The minimum Gasteiger partial charge on any atom is -0.489 e. The lowest BCUT2D eigenvalue weighted by molar-refractivity contribution is 0.244. The fourth-order valence-electron chi connectivity index (χ4n) is 2.25. The number of nitrogens with zero attached hydrogens (tertiary/aromatic N) is 3. The average molecular weight is 335 g/mol. The van der Waals surface area contributed by atoms with Crippen LogP contribution < -0.4 is 15.4 Å². The summed E-state index contributed by atoms with van der Waals surface area (Å²) in [5.41, 5.74) is 2.95. The minimum absolute atomic E-state index is 0.0801. The number of aromatic nitrogens is 3. The monoisotopic (exact) mass is 335 g/mol. The van der Waals surface area contributed by atoms with Crippen molar-refractivity contribution in [1.29, 1.82) is 0 Å². The van der Waals surface area contributed by atoms with E-state index in [9.17, 15) is 0 Å². The van der Waals surface area contributed by atoms with E-state index in [1.54, 1.807) is 6.20 Å². The summed E-state index contributed by atoms with van der Waals surface area (Å²) in [5.74, 6) is 1.76. The molecule has 0 radical (unpaired) electrons. The molecule has 2 N–H and O–H groups in total. The van der Waals surface area contributed by atoms with E-state index in [1.807, 2.05) is 62.4 Å². The molecule has 6 heteroatoms. The van der Waals surface area contributed by atoms with Gasteiger partial charge in [-0.05, 0) is 45.0 Å². The maximum absolute atomic E-state index is 5.80. The molecule has 0 spiro atoms. The first kappa shape index (κ1) is 16.7. The van der Waals surface area contributed by atoms with Gasteiger partial charge < -0.3 is 15.4 Å². The maximum Gasteiger partial charge on any atom is 0.249 e. The molecule has 0 aliphatic heterocycles. The fraction of sp³-hybridized carbons (Fsp3) is 0.211. The number of aryl methyl sites for hydroxylation is 1. The SMILES string of the molecule is Cc1ccc(Nc2cnnc(Nc3ccccc3OC(C)C)n2)cc1. The van der Waals surface area contributed by atoms with Crippen LogP contribution in [0.15, 0.2) is 54.7 Å². The molecule has 1 heterocycles. The summed E-state index contributed by atoms with van der Waals surface area (Å²) < 4.78 is 5.80. The van der Waals surface area contributed by atoms with E-state index in [1.165, 1.54) is 5.56 Å². The van der Waals surface area contributed by atoms with Gasteiger partial charge in [-0.2, -0.15) is 10.1 Å². The second-order valence-electron chi connectivity index (χ2n) is 5.94. The van der Waals surface area contributed by atoms with E-state index < -0.39 is 0 Å². The van der Waals surface area contributed by atoms with Crippen molar-refractivity contribution < 1.29 is 4.74 Å². The normalized spacial score (nSPS) is 10.6. The van der Waals surface area contributed by atoms with E-state index in [0.717, 1.165) is 17.1 Å². The Morgan fingerprint density at radius 3 is 2.48 bits per heavy atom. The number of nitrogens with one attached hydrogen (secondary N) is 2. The van der Waals surface area contributed by atoms with E-state index in [2.05, 4.69) is 32.7 Å². The topological polar surface area (TPSA) is 72.0 Å². The van der Waals surface area contributed by atoms with E-state index in [0.29, 0.717) is 11.8 Å². The van der Waals surface area contributed by atoms with E-state index in [-0.39, 0.29) is 6.10 Å². The van der Waals surface area contributed by atoms with Gasteiger partial charge in [-0.25, -0.2) is 0 Å². The summed E-state index contributed by atoms with van der Waals surface area (Å²) in [4.78, 5) is 4.45. The quantitative estimate of drug-likeness (QED) is 0.693. The van der Waals surface area contributed by atoms with Crippen molar-refractivity contribution in [2.24, 2.45) is 0 Å². The maximum atomic E-state index is 5.80. The average Bonchev–Trinajstić information content (AvgIpc) is 2.59. The zero-order chi connectivity index (χ0) is 17.6. The van der Waals surface area contributed by atoms with Crippen LogP contribution in [0.25, 0.3) is 0 Å². The molecule has 3 aromatic rings. The molecule has 0 fully saturated rings. The molecule has 6 nitrogen and oxygen atoms in total. The molecule has 25 heavy (non-hydrogen) atoms. The lowest BCUT2D eigenvalue weighted by Gasteiger charge is -2.14. The Morgan fingerprint density at radius 2 is 1.72 bits per heavy atom. The zero-order valence-electron chi connectivity index (χ0n) is 14.5. The molecule has 3 rings (SSSR count). The lowest BCUT2D eigenvalue weighted by atomic mass is 10.2. The van der Waals surface area contributed by atoms with Gasteiger partial charge in [0.05, 0.1) is 18.0 Å². The van der Waals surface area contributed by atoms with Crippen LogP contribution in [0, 0.1) is 6.92 Å². The summed E-state index contributed by atoms with van der Waals surface area (Å²) in [6.45, 7) is 6.02. The number of rotatable bonds is 6. The molecule has 0 unspecified atom stereocenters. The first-order valence-corrected chi connectivity index (χ1v) is 8.16. The van der Waals surface area contributed by atoms with Gasteiger partial charge in [-0.1, -0.05) is 29.8 Å². The summed E-state index contributed by atoms with van der Waals surface area (Å²) in [5, 5.41) is 14.4. The summed E-state index contributed by atoms with van der Waals surface area (Å²) >= 11 is 0. The second-order valence-corrected chi connectivity index (χ2v) is 5.94. The molecule has 0 atom stereocenters. The number of benzene rings is 2. The summed E-state index contributed by atoms with van der Waals surface area (Å²) in [6.07, 6.45) is 1.67. The predicted octanol–water partition coefficient (Wildman–Crippen LogP) is 4.45. The van der Waals surface area contributed by atoms with Crippen molar-refractivity contribution in [2.75, 3.05) is 10.6 Å². The molecule has 2 aromatic carbocycles. The van der Waals surface area contributed by atoms with Gasteiger partial charge in [0, 0.05) is 5.69 Å². The number of anilines is 4. The van der Waals surface area contributed by atoms with Gasteiger partial charge in [0.1, 0.15) is 5.75 Å². The van der Waals surface area contributed by atoms with Crippen LogP contribution in [0.2, 0.25) is 0 Å². The Morgan fingerprint density at radius 1 is 0.960 bits per heavy atom. The Labute approximate surface area is 147 Å². The lowest BCUT2D eigenvalue weighted by Crippen LogP contribution is -2.08. The Bertz CT molecular complexity index is 833. The van der Waals surface area contributed by atoms with Crippen molar-refractivity contribution in [3.63, 3.8) is 0 Å². The number of ether oxygens (including phenoxy) is 1. The molecule has 1 aromatic heterocycles. The Balaban J connectivity index is 1.77. The minimum atomic E-state index is 0.0801. The molecular weight excluding hydrogens is 314 g/mol. The number of hydrogen-bond donors (Lipinski definition) is 2. The van der Waals surface area contributed by atoms with Crippen molar-refractivity contribution in [1.82, 2.24) is 15.2 Å². The third-order valence-corrected chi connectivity index (χ3v) is 3.38. The van der Waals surface area contributed by atoms with Crippen molar-refractivity contribution >= 4 is 23.1 Å². The number of para-hydroxylation sites is 2. The van der Waals surface area contributed by atoms with Crippen LogP contribution in [-0.4, -0.2) is 21.3 Å². The van der Waals surface area contributed by atoms with Crippen LogP contribution in [0.4, 0.5) is 23.1 Å².